The summed E-state index contributed by atoms with van der Waals surface area (Å²) in [6, 6.07) is 5.28. The van der Waals surface area contributed by atoms with Crippen LogP contribution in [-0.4, -0.2) is 43.6 Å². The van der Waals surface area contributed by atoms with Crippen molar-refractivity contribution < 1.29 is 9.53 Å². The van der Waals surface area contributed by atoms with E-state index in [2.05, 4.69) is 17.1 Å². The Morgan fingerprint density at radius 3 is 2.83 bits per heavy atom. The van der Waals surface area contributed by atoms with Crippen LogP contribution in [0, 0.1) is 5.92 Å². The smallest absolute Gasteiger partial charge is 0.220 e. The van der Waals surface area contributed by atoms with Crippen molar-refractivity contribution in [2.24, 2.45) is 5.92 Å². The predicted octanol–water partition coefficient (Wildman–Crippen LogP) is 4.00. The molecule has 1 amide bonds. The number of ether oxygens (including phenoxy) is 1. The van der Waals surface area contributed by atoms with Gasteiger partial charge in [0, 0.05) is 19.5 Å². The minimum Gasteiger partial charge on any atom is -0.492 e. The Hall–Kier alpha value is -0.970. The summed E-state index contributed by atoms with van der Waals surface area (Å²) in [6.45, 7) is 6.82. The van der Waals surface area contributed by atoms with Crippen LogP contribution < -0.4 is 10.1 Å². The highest BCUT2D eigenvalue weighted by atomic mass is 35.5. The lowest BCUT2D eigenvalue weighted by atomic mass is 10.1. The molecular formula is C18H26Cl2N2O2. The van der Waals surface area contributed by atoms with Gasteiger partial charge in [0.1, 0.15) is 10.8 Å². The zero-order valence-electron chi connectivity index (χ0n) is 14.2. The maximum absolute atomic E-state index is 11.9. The van der Waals surface area contributed by atoms with Crippen LogP contribution in [0.2, 0.25) is 10.0 Å². The molecule has 6 heteroatoms. The van der Waals surface area contributed by atoms with Crippen LogP contribution in [0.4, 0.5) is 0 Å². The fourth-order valence-corrected chi connectivity index (χ4v) is 3.20. The highest BCUT2D eigenvalue weighted by Crippen LogP contribution is 2.31. The average Bonchev–Trinajstić information content (AvgIpc) is 3.06. The maximum atomic E-state index is 11.9. The highest BCUT2D eigenvalue weighted by molar-refractivity contribution is 6.42. The van der Waals surface area contributed by atoms with Crippen molar-refractivity contribution in [2.75, 3.05) is 32.8 Å². The van der Waals surface area contributed by atoms with Crippen molar-refractivity contribution >= 4 is 29.1 Å². The molecule has 0 radical (unpaired) electrons. The summed E-state index contributed by atoms with van der Waals surface area (Å²) >= 11 is 12.0. The van der Waals surface area contributed by atoms with E-state index in [-0.39, 0.29) is 5.91 Å². The standard InChI is InChI=1S/C18H26Cl2N2O2/c1-14(13-22-9-2-3-10-22)12-21-17(23)8-5-11-24-16-7-4-6-15(19)18(16)20/h4,6-7,14H,2-3,5,8-13H2,1H3,(H,21,23)/t14-/m0/s1. The van der Waals surface area contributed by atoms with Crippen molar-refractivity contribution in [2.45, 2.75) is 32.6 Å². The van der Waals surface area contributed by atoms with Crippen LogP contribution in [0.5, 0.6) is 5.75 Å². The Morgan fingerprint density at radius 2 is 2.08 bits per heavy atom. The van der Waals surface area contributed by atoms with Gasteiger partial charge < -0.3 is 15.0 Å². The molecule has 0 saturated carbocycles. The molecule has 24 heavy (non-hydrogen) atoms. The second-order valence-corrected chi connectivity index (χ2v) is 7.21. The first kappa shape index (κ1) is 19.4. The molecule has 1 saturated heterocycles. The predicted molar refractivity (Wildman–Crippen MR) is 99.0 cm³/mol. The maximum Gasteiger partial charge on any atom is 0.220 e. The van der Waals surface area contributed by atoms with Crippen molar-refractivity contribution in [3.8, 4) is 5.75 Å². The first-order valence-electron chi connectivity index (χ1n) is 8.62. The lowest BCUT2D eigenvalue weighted by Crippen LogP contribution is -2.34. The van der Waals surface area contributed by atoms with Crippen LogP contribution >= 0.6 is 23.2 Å². The third-order valence-corrected chi connectivity index (χ3v) is 4.94. The van der Waals surface area contributed by atoms with Gasteiger partial charge in [-0.2, -0.15) is 0 Å². The topological polar surface area (TPSA) is 41.6 Å². The van der Waals surface area contributed by atoms with Gasteiger partial charge in [0.25, 0.3) is 0 Å². The minimum absolute atomic E-state index is 0.0732. The fraction of sp³-hybridized carbons (Fsp3) is 0.611. The Labute approximate surface area is 154 Å². The number of amides is 1. The molecule has 2 rings (SSSR count). The molecule has 0 aliphatic carbocycles. The van der Waals surface area contributed by atoms with Crippen LogP contribution in [0.15, 0.2) is 18.2 Å². The van der Waals surface area contributed by atoms with Crippen molar-refractivity contribution in [3.63, 3.8) is 0 Å². The molecule has 1 aromatic rings. The van der Waals surface area contributed by atoms with Crippen LogP contribution in [-0.2, 0) is 4.79 Å². The van der Waals surface area contributed by atoms with E-state index in [1.165, 1.54) is 25.9 Å². The van der Waals surface area contributed by atoms with Gasteiger partial charge in [-0.15, -0.1) is 0 Å². The summed E-state index contributed by atoms with van der Waals surface area (Å²) in [6.07, 6.45) is 3.70. The number of rotatable bonds is 9. The highest BCUT2D eigenvalue weighted by Gasteiger charge is 2.15. The first-order chi connectivity index (χ1) is 11.6. The molecule has 1 aliphatic rings. The Balaban J connectivity index is 1.57. The molecule has 0 unspecified atom stereocenters. The number of hydrogen-bond donors (Lipinski definition) is 1. The molecule has 0 spiro atoms. The monoisotopic (exact) mass is 372 g/mol. The van der Waals surface area contributed by atoms with E-state index < -0.39 is 0 Å². The van der Waals surface area contributed by atoms with E-state index in [0.29, 0.717) is 41.2 Å². The minimum atomic E-state index is 0.0732. The van der Waals surface area contributed by atoms with Crippen LogP contribution in [0.3, 0.4) is 0 Å². The van der Waals surface area contributed by atoms with E-state index in [4.69, 9.17) is 27.9 Å². The van der Waals surface area contributed by atoms with Gasteiger partial charge in [0.05, 0.1) is 11.6 Å². The first-order valence-corrected chi connectivity index (χ1v) is 9.37. The Kier molecular flexibility index (Phi) is 8.16. The zero-order chi connectivity index (χ0) is 17.4. The average molecular weight is 373 g/mol. The van der Waals surface area contributed by atoms with Crippen LogP contribution in [0.1, 0.15) is 32.6 Å². The summed E-state index contributed by atoms with van der Waals surface area (Å²) in [4.78, 5) is 14.4. The lowest BCUT2D eigenvalue weighted by molar-refractivity contribution is -0.121. The summed E-state index contributed by atoms with van der Waals surface area (Å²) in [5, 5.41) is 3.89. The molecule has 0 aromatic heterocycles. The van der Waals surface area contributed by atoms with Crippen LogP contribution in [0.25, 0.3) is 0 Å². The Bertz CT molecular complexity index is 534. The number of halogens is 2. The molecule has 4 nitrogen and oxygen atoms in total. The second kappa shape index (κ2) is 10.1. The zero-order valence-corrected chi connectivity index (χ0v) is 15.7. The van der Waals surface area contributed by atoms with Gasteiger partial charge in [0.2, 0.25) is 5.91 Å². The molecule has 1 N–H and O–H groups in total. The van der Waals surface area contributed by atoms with Gasteiger partial charge in [-0.3, -0.25) is 4.79 Å². The largest absolute Gasteiger partial charge is 0.492 e. The molecular weight excluding hydrogens is 347 g/mol. The lowest BCUT2D eigenvalue weighted by Gasteiger charge is -2.20. The third-order valence-electron chi connectivity index (χ3n) is 4.14. The molecule has 1 aromatic carbocycles. The summed E-state index contributed by atoms with van der Waals surface area (Å²) in [5.41, 5.74) is 0. The molecule has 0 bridgehead atoms. The van der Waals surface area contributed by atoms with E-state index in [1.807, 2.05) is 0 Å². The quantitative estimate of drug-likeness (QED) is 0.666. The van der Waals surface area contributed by atoms with Gasteiger partial charge in [-0.05, 0) is 50.4 Å². The molecule has 1 aliphatic heterocycles. The third kappa shape index (κ3) is 6.50. The van der Waals surface area contributed by atoms with Crippen molar-refractivity contribution in [1.29, 1.82) is 0 Å². The van der Waals surface area contributed by atoms with E-state index >= 15 is 0 Å². The molecule has 1 fully saturated rings. The van der Waals surface area contributed by atoms with Crippen molar-refractivity contribution in [1.82, 2.24) is 10.2 Å². The van der Waals surface area contributed by atoms with E-state index in [1.54, 1.807) is 18.2 Å². The second-order valence-electron chi connectivity index (χ2n) is 6.42. The van der Waals surface area contributed by atoms with Gasteiger partial charge in [-0.25, -0.2) is 0 Å². The number of carbonyl (C=O) groups excluding carboxylic acids is 1. The number of hydrogen-bond acceptors (Lipinski definition) is 3. The normalized spacial score (nSPS) is 16.1. The summed E-state index contributed by atoms with van der Waals surface area (Å²) in [5.74, 6) is 1.11. The molecule has 1 heterocycles. The molecule has 1 atom stereocenters. The molecule has 134 valence electrons. The van der Waals surface area contributed by atoms with Gasteiger partial charge in [-0.1, -0.05) is 36.2 Å². The van der Waals surface area contributed by atoms with E-state index in [0.717, 1.165) is 13.1 Å². The van der Waals surface area contributed by atoms with E-state index in [9.17, 15) is 4.79 Å². The number of nitrogens with one attached hydrogen (secondary N) is 1. The fourth-order valence-electron chi connectivity index (χ4n) is 2.86. The SMILES string of the molecule is C[C@@H](CNC(=O)CCCOc1cccc(Cl)c1Cl)CN1CCCC1. The number of nitrogens with zero attached hydrogens (tertiary/aromatic N) is 1. The van der Waals surface area contributed by atoms with Crippen molar-refractivity contribution in [3.05, 3.63) is 28.2 Å². The number of likely N-dealkylation sites (tertiary alicyclic amines) is 1. The van der Waals surface area contributed by atoms with Gasteiger partial charge >= 0.3 is 0 Å². The Morgan fingerprint density at radius 1 is 1.33 bits per heavy atom. The number of carbonyl (C=O) groups is 1. The van der Waals surface area contributed by atoms with Gasteiger partial charge in [0.15, 0.2) is 0 Å². The summed E-state index contributed by atoms with van der Waals surface area (Å²) in [7, 11) is 0. The number of benzene rings is 1. The summed E-state index contributed by atoms with van der Waals surface area (Å²) < 4.78 is 5.58.